The zero-order chi connectivity index (χ0) is 16.3. The first-order valence-electron chi connectivity index (χ1n) is 8.26. The predicted molar refractivity (Wildman–Crippen MR) is 99.1 cm³/mol. The van der Waals surface area contributed by atoms with E-state index in [9.17, 15) is 4.79 Å². The van der Waals surface area contributed by atoms with Crippen molar-refractivity contribution in [3.8, 4) is 0 Å². The van der Waals surface area contributed by atoms with Gasteiger partial charge in [0, 0.05) is 0 Å². The second-order valence-corrected chi connectivity index (χ2v) is 13.4. The van der Waals surface area contributed by atoms with Gasteiger partial charge in [-0.2, -0.15) is 0 Å². The standard InChI is InChI=1S/C19H22NOSi.Tl/c1-22(16-9-4-2-5-10-16,17-11-6-3-7-12-17)15-19(21)18-13-8-14-20-18;/h2-7,9-12,18H,8,13-15H2,1H3;/q-1;+1/t18-;/m1./s1. The van der Waals surface area contributed by atoms with Crippen LogP contribution >= 0.6 is 0 Å². The summed E-state index contributed by atoms with van der Waals surface area (Å²) >= 11 is 0.776. The molecule has 1 atom stereocenters. The summed E-state index contributed by atoms with van der Waals surface area (Å²) in [6.45, 7) is 3.47. The molecule has 116 valence electrons. The molecule has 0 saturated carbocycles. The van der Waals surface area contributed by atoms with Crippen molar-refractivity contribution in [1.29, 1.82) is 0 Å². The van der Waals surface area contributed by atoms with Crippen LogP contribution in [0.2, 0.25) is 12.6 Å². The van der Waals surface area contributed by atoms with Crippen LogP contribution in [0.25, 0.3) is 0 Å². The van der Waals surface area contributed by atoms with Gasteiger partial charge in [0.25, 0.3) is 0 Å². The molecule has 0 spiro atoms. The molecule has 1 fully saturated rings. The Kier molecular flexibility index (Phi) is 5.49. The topological polar surface area (TPSA) is 20.3 Å². The van der Waals surface area contributed by atoms with Gasteiger partial charge in [0.15, 0.2) is 0 Å². The third-order valence-electron chi connectivity index (χ3n) is 5.02. The molecule has 2 aromatic rings. The minimum atomic E-state index is -2.02. The van der Waals surface area contributed by atoms with E-state index in [1.807, 2.05) is 0 Å². The van der Waals surface area contributed by atoms with E-state index in [2.05, 4.69) is 69.9 Å². The normalized spacial score (nSPS) is 18.9. The van der Waals surface area contributed by atoms with Crippen molar-refractivity contribution in [1.82, 2.24) is 2.71 Å². The fourth-order valence-corrected chi connectivity index (χ4v) is 9.05. The van der Waals surface area contributed by atoms with Crippen molar-refractivity contribution in [2.24, 2.45) is 0 Å². The van der Waals surface area contributed by atoms with E-state index in [4.69, 9.17) is 0 Å². The van der Waals surface area contributed by atoms with Crippen LogP contribution in [0.5, 0.6) is 0 Å². The van der Waals surface area contributed by atoms with Gasteiger partial charge in [-0.1, -0.05) is 0 Å². The second-order valence-electron chi connectivity index (χ2n) is 6.60. The average molecular weight is 513 g/mol. The molecule has 0 radical (unpaired) electrons. The summed E-state index contributed by atoms with van der Waals surface area (Å²) in [6, 6.07) is 22.3. The maximum absolute atomic E-state index is 13.0. The molecule has 0 N–H and O–H groups in total. The summed E-state index contributed by atoms with van der Waals surface area (Å²) in [6.07, 6.45) is 2.24. The summed E-state index contributed by atoms with van der Waals surface area (Å²) < 4.78 is 2.40. The summed E-state index contributed by atoms with van der Waals surface area (Å²) in [5.74, 6) is 0.465. The van der Waals surface area contributed by atoms with Crippen molar-refractivity contribution in [2.75, 3.05) is 6.54 Å². The Balaban J connectivity index is 1.95. The molecule has 0 aliphatic carbocycles. The Hall–Kier alpha value is -0.791. The van der Waals surface area contributed by atoms with E-state index in [-0.39, 0.29) is 6.04 Å². The Morgan fingerprint density at radius 1 is 1.09 bits per heavy atom. The van der Waals surface area contributed by atoms with Crippen LogP contribution in [0.1, 0.15) is 12.8 Å². The van der Waals surface area contributed by atoms with Gasteiger partial charge >= 0.3 is 156 Å². The third kappa shape index (κ3) is 3.67. The van der Waals surface area contributed by atoms with Crippen LogP contribution in [0.4, 0.5) is 0 Å². The average Bonchev–Trinajstić information content (AvgIpc) is 3.02. The quantitative estimate of drug-likeness (QED) is 0.571. The fourth-order valence-electron chi connectivity index (χ4n) is 3.58. The number of rotatable bonds is 5. The Bertz CT molecular complexity index is 622. The van der Waals surface area contributed by atoms with E-state index in [0.717, 1.165) is 45.1 Å². The molecule has 2 nitrogen and oxygen atoms in total. The number of nitrogens with zero attached hydrogens (tertiary/aromatic N) is 1. The summed E-state index contributed by atoms with van der Waals surface area (Å²) in [4.78, 5) is 13.0. The molecular weight excluding hydrogens is 491 g/mol. The van der Waals surface area contributed by atoms with Gasteiger partial charge in [-0.05, 0) is 0 Å². The number of ketones is 1. The SMILES string of the molecule is C[Si](CC(=O)[C@H]1CCC[N]1[Tl])(c1ccccc1)c1ccccc1. The van der Waals surface area contributed by atoms with Crippen LogP contribution in [0.3, 0.4) is 0 Å². The molecule has 0 aromatic heterocycles. The molecule has 1 saturated heterocycles. The van der Waals surface area contributed by atoms with Gasteiger partial charge in [-0.25, -0.2) is 0 Å². The first-order chi connectivity index (χ1) is 11.1. The van der Waals surface area contributed by atoms with Gasteiger partial charge in [0.05, 0.1) is 0 Å². The minimum absolute atomic E-state index is 0.194. The van der Waals surface area contributed by atoms with Gasteiger partial charge in [0.1, 0.15) is 0 Å². The number of hydrogen-bond acceptors (Lipinski definition) is 2. The molecule has 2 aromatic carbocycles. The van der Waals surface area contributed by atoms with E-state index in [1.165, 1.54) is 16.8 Å². The molecule has 1 aliphatic rings. The maximum atomic E-state index is 13.0. The van der Waals surface area contributed by atoms with Crippen LogP contribution in [0, 0.1) is 0 Å². The number of carbonyl (C=O) groups is 1. The predicted octanol–water partition coefficient (Wildman–Crippen LogP) is 2.00. The van der Waals surface area contributed by atoms with Gasteiger partial charge < -0.3 is 0 Å². The molecule has 23 heavy (non-hydrogen) atoms. The number of benzene rings is 2. The molecular formula is C19H22NOSiTl. The second kappa shape index (κ2) is 7.40. The van der Waals surface area contributed by atoms with Crippen LogP contribution < -0.4 is 10.4 Å². The Labute approximate surface area is 156 Å². The summed E-state index contributed by atoms with van der Waals surface area (Å²) in [5.41, 5.74) is 0. The molecule has 1 heterocycles. The Morgan fingerprint density at radius 3 is 2.04 bits per heavy atom. The third-order valence-corrected chi connectivity index (χ3v) is 11.7. The first kappa shape index (κ1) is 17.0. The van der Waals surface area contributed by atoms with Crippen LogP contribution in [-0.2, 0) is 4.79 Å². The van der Waals surface area contributed by atoms with Crippen LogP contribution in [0.15, 0.2) is 60.7 Å². The number of carbonyl (C=O) groups excluding carboxylic acids is 1. The van der Waals surface area contributed by atoms with E-state index < -0.39 is 8.07 Å². The zero-order valence-corrected chi connectivity index (χ0v) is 19.1. The van der Waals surface area contributed by atoms with Gasteiger partial charge in [0.2, 0.25) is 0 Å². The molecule has 0 unspecified atom stereocenters. The first-order valence-corrected chi connectivity index (χ1v) is 13.0. The molecule has 1 aliphatic heterocycles. The monoisotopic (exact) mass is 513 g/mol. The molecule has 0 amide bonds. The van der Waals surface area contributed by atoms with E-state index in [1.54, 1.807) is 0 Å². The molecule has 3 rings (SSSR count). The van der Waals surface area contributed by atoms with Gasteiger partial charge in [-0.3, -0.25) is 0 Å². The van der Waals surface area contributed by atoms with Crippen LogP contribution in [-0.4, -0.2) is 55.2 Å². The number of Topliss-reactive ketones (excluding diaryl/α,β-unsaturated/α-hetero) is 1. The summed E-state index contributed by atoms with van der Waals surface area (Å²) in [5, 5.41) is 2.72. The van der Waals surface area contributed by atoms with Gasteiger partial charge in [-0.15, -0.1) is 0 Å². The molecule has 4 heteroatoms. The fraction of sp³-hybridized carbons (Fsp3) is 0.316. The van der Waals surface area contributed by atoms with Crippen molar-refractivity contribution in [3.63, 3.8) is 0 Å². The molecule has 0 bridgehead atoms. The zero-order valence-electron chi connectivity index (χ0n) is 13.6. The van der Waals surface area contributed by atoms with E-state index in [0.29, 0.717) is 5.78 Å². The van der Waals surface area contributed by atoms with Crippen molar-refractivity contribution >= 4 is 50.3 Å². The Morgan fingerprint density at radius 2 is 1.61 bits per heavy atom. The number of hydrogen-bond donors (Lipinski definition) is 0. The van der Waals surface area contributed by atoms with Crippen molar-refractivity contribution < 1.29 is 4.79 Å². The van der Waals surface area contributed by atoms with E-state index >= 15 is 0 Å². The summed E-state index contributed by atoms with van der Waals surface area (Å²) in [7, 11) is -2.02. The van der Waals surface area contributed by atoms with Crippen molar-refractivity contribution in [2.45, 2.75) is 31.5 Å². The van der Waals surface area contributed by atoms with Crippen molar-refractivity contribution in [3.05, 3.63) is 60.7 Å².